The second-order valence-corrected chi connectivity index (χ2v) is 6.13. The number of benzene rings is 1. The van der Waals surface area contributed by atoms with E-state index in [1.807, 2.05) is 30.3 Å². The van der Waals surface area contributed by atoms with Crippen molar-refractivity contribution in [2.45, 2.75) is 32.2 Å². The third-order valence-electron chi connectivity index (χ3n) is 3.67. The number of hydrogen-bond acceptors (Lipinski definition) is 4. The molecule has 7 heteroatoms. The van der Waals surface area contributed by atoms with Crippen LogP contribution in [0.4, 0.5) is 4.79 Å². The second-order valence-electron chi connectivity index (χ2n) is 6.13. The zero-order valence-electron chi connectivity index (χ0n) is 14.0. The number of nitrogens with zero attached hydrogens (tertiary/aromatic N) is 1. The van der Waals surface area contributed by atoms with Gasteiger partial charge < -0.3 is 15.4 Å². The van der Waals surface area contributed by atoms with Gasteiger partial charge in [-0.15, -0.1) is 0 Å². The van der Waals surface area contributed by atoms with Gasteiger partial charge in [0.25, 0.3) is 5.91 Å². The van der Waals surface area contributed by atoms with Gasteiger partial charge in [-0.3, -0.25) is 14.5 Å². The van der Waals surface area contributed by atoms with Gasteiger partial charge in [-0.25, -0.2) is 4.79 Å². The molecule has 1 saturated heterocycles. The maximum Gasteiger partial charge on any atom is 0.325 e. The molecule has 1 aromatic carbocycles. The van der Waals surface area contributed by atoms with Crippen molar-refractivity contribution in [3.63, 3.8) is 0 Å². The van der Waals surface area contributed by atoms with Gasteiger partial charge in [0, 0.05) is 13.0 Å². The fraction of sp³-hybridized carbons (Fsp3) is 0.471. The van der Waals surface area contributed by atoms with Gasteiger partial charge in [-0.2, -0.15) is 0 Å². The molecule has 1 fully saturated rings. The summed E-state index contributed by atoms with van der Waals surface area (Å²) in [5.41, 5.74) is -0.867. The molecule has 130 valence electrons. The third-order valence-corrected chi connectivity index (χ3v) is 3.67. The first-order valence-corrected chi connectivity index (χ1v) is 7.99. The van der Waals surface area contributed by atoms with E-state index in [4.69, 9.17) is 4.74 Å². The maximum absolute atomic E-state index is 12.0. The van der Waals surface area contributed by atoms with Crippen LogP contribution < -0.4 is 15.4 Å². The molecule has 0 atom stereocenters. The molecule has 2 N–H and O–H groups in total. The Bertz CT molecular complexity index is 601. The van der Waals surface area contributed by atoms with E-state index in [0.29, 0.717) is 19.6 Å². The first kappa shape index (κ1) is 17.8. The van der Waals surface area contributed by atoms with E-state index in [1.54, 1.807) is 13.8 Å². The Morgan fingerprint density at radius 3 is 2.58 bits per heavy atom. The quantitative estimate of drug-likeness (QED) is 0.554. The van der Waals surface area contributed by atoms with Crippen molar-refractivity contribution in [2.24, 2.45) is 0 Å². The largest absolute Gasteiger partial charge is 0.492 e. The molecule has 0 aromatic heterocycles. The van der Waals surface area contributed by atoms with Crippen molar-refractivity contribution in [1.82, 2.24) is 15.5 Å². The number of amides is 4. The first-order chi connectivity index (χ1) is 11.4. The topological polar surface area (TPSA) is 87.7 Å². The molecule has 0 radical (unpaired) electrons. The van der Waals surface area contributed by atoms with Crippen molar-refractivity contribution in [3.05, 3.63) is 30.3 Å². The van der Waals surface area contributed by atoms with E-state index in [0.717, 1.165) is 10.6 Å². The van der Waals surface area contributed by atoms with Gasteiger partial charge in [0.1, 0.15) is 17.9 Å². The number of urea groups is 1. The number of rotatable bonds is 8. The fourth-order valence-corrected chi connectivity index (χ4v) is 2.38. The van der Waals surface area contributed by atoms with Crippen LogP contribution in [0.25, 0.3) is 0 Å². The predicted octanol–water partition coefficient (Wildman–Crippen LogP) is 1.29. The molecular weight excluding hydrogens is 310 g/mol. The molecule has 0 spiro atoms. The number of hydrogen-bond donors (Lipinski definition) is 2. The van der Waals surface area contributed by atoms with Crippen molar-refractivity contribution in [3.8, 4) is 5.75 Å². The minimum absolute atomic E-state index is 0.127. The van der Waals surface area contributed by atoms with Crippen LogP contribution in [0.1, 0.15) is 26.7 Å². The van der Waals surface area contributed by atoms with Crippen molar-refractivity contribution in [2.75, 3.05) is 19.7 Å². The minimum Gasteiger partial charge on any atom is -0.492 e. The van der Waals surface area contributed by atoms with Crippen LogP contribution >= 0.6 is 0 Å². The summed E-state index contributed by atoms with van der Waals surface area (Å²) in [6.07, 6.45) is 0.684. The first-order valence-electron chi connectivity index (χ1n) is 7.99. The highest BCUT2D eigenvalue weighted by Gasteiger charge is 2.43. The predicted molar refractivity (Wildman–Crippen MR) is 88.5 cm³/mol. The smallest absolute Gasteiger partial charge is 0.325 e. The Labute approximate surface area is 141 Å². The SMILES string of the molecule is CC1(C)NC(=O)N(CCCC(=O)NCCOc2ccccc2)C1=O. The summed E-state index contributed by atoms with van der Waals surface area (Å²) in [6, 6.07) is 8.96. The van der Waals surface area contributed by atoms with Crippen LogP contribution in [0, 0.1) is 0 Å². The Morgan fingerprint density at radius 1 is 1.25 bits per heavy atom. The van der Waals surface area contributed by atoms with Gasteiger partial charge in [-0.05, 0) is 32.4 Å². The van der Waals surface area contributed by atoms with Crippen LogP contribution in [0.5, 0.6) is 5.75 Å². The minimum atomic E-state index is -0.867. The molecule has 1 aliphatic rings. The molecule has 2 rings (SSSR count). The fourth-order valence-electron chi connectivity index (χ4n) is 2.38. The Balaban J connectivity index is 1.60. The molecule has 0 saturated carbocycles. The van der Waals surface area contributed by atoms with Gasteiger partial charge >= 0.3 is 6.03 Å². The zero-order chi connectivity index (χ0) is 17.6. The second kappa shape index (κ2) is 7.81. The lowest BCUT2D eigenvalue weighted by Crippen LogP contribution is -2.40. The molecule has 1 heterocycles. The normalized spacial score (nSPS) is 16.0. The molecule has 0 bridgehead atoms. The Hall–Kier alpha value is -2.57. The summed E-state index contributed by atoms with van der Waals surface area (Å²) in [5, 5.41) is 5.36. The van der Waals surface area contributed by atoms with Crippen molar-refractivity contribution < 1.29 is 19.1 Å². The van der Waals surface area contributed by atoms with E-state index in [9.17, 15) is 14.4 Å². The van der Waals surface area contributed by atoms with Gasteiger partial charge in [0.05, 0.1) is 6.54 Å². The monoisotopic (exact) mass is 333 g/mol. The number of carbonyl (C=O) groups excluding carboxylic acids is 3. The molecule has 7 nitrogen and oxygen atoms in total. The van der Waals surface area contributed by atoms with E-state index in [1.165, 1.54) is 0 Å². The standard InChI is InChI=1S/C17H23N3O4/c1-17(2)15(22)20(16(23)19-17)11-6-9-14(21)18-10-12-24-13-7-4-3-5-8-13/h3-5,7-8H,6,9-12H2,1-2H3,(H,18,21)(H,19,23). The van der Waals surface area contributed by atoms with Gasteiger partial charge in [0.15, 0.2) is 0 Å². The Kier molecular flexibility index (Phi) is 5.78. The maximum atomic E-state index is 12.0. The summed E-state index contributed by atoms with van der Waals surface area (Å²) in [4.78, 5) is 36.6. The number of carbonyl (C=O) groups is 3. The molecular formula is C17H23N3O4. The highest BCUT2D eigenvalue weighted by atomic mass is 16.5. The lowest BCUT2D eigenvalue weighted by Gasteiger charge is -2.15. The van der Waals surface area contributed by atoms with Crippen LogP contribution in [0.3, 0.4) is 0 Å². The van der Waals surface area contributed by atoms with E-state index in [2.05, 4.69) is 10.6 Å². The van der Waals surface area contributed by atoms with Crippen LogP contribution in [-0.2, 0) is 9.59 Å². The van der Waals surface area contributed by atoms with E-state index in [-0.39, 0.29) is 24.8 Å². The van der Waals surface area contributed by atoms with Gasteiger partial charge in [0.2, 0.25) is 5.91 Å². The van der Waals surface area contributed by atoms with E-state index >= 15 is 0 Å². The zero-order valence-corrected chi connectivity index (χ0v) is 14.0. The summed E-state index contributed by atoms with van der Waals surface area (Å²) in [6.45, 7) is 4.35. The molecule has 24 heavy (non-hydrogen) atoms. The number of nitrogens with one attached hydrogen (secondary N) is 2. The average Bonchev–Trinajstić information content (AvgIpc) is 2.74. The van der Waals surface area contributed by atoms with Gasteiger partial charge in [-0.1, -0.05) is 18.2 Å². The Morgan fingerprint density at radius 2 is 1.96 bits per heavy atom. The summed E-state index contributed by atoms with van der Waals surface area (Å²) >= 11 is 0. The van der Waals surface area contributed by atoms with Crippen molar-refractivity contribution in [1.29, 1.82) is 0 Å². The molecule has 0 aliphatic carbocycles. The number of ether oxygens (including phenoxy) is 1. The highest BCUT2D eigenvalue weighted by Crippen LogP contribution is 2.16. The lowest BCUT2D eigenvalue weighted by molar-refractivity contribution is -0.130. The van der Waals surface area contributed by atoms with E-state index < -0.39 is 11.6 Å². The molecule has 0 unspecified atom stereocenters. The number of para-hydroxylation sites is 1. The average molecular weight is 333 g/mol. The highest BCUT2D eigenvalue weighted by molar-refractivity contribution is 6.06. The molecule has 1 aliphatic heterocycles. The summed E-state index contributed by atoms with van der Waals surface area (Å²) in [5.74, 6) is 0.370. The molecule has 1 aromatic rings. The summed E-state index contributed by atoms with van der Waals surface area (Å²) < 4.78 is 5.47. The molecule has 4 amide bonds. The van der Waals surface area contributed by atoms with Crippen LogP contribution in [0.15, 0.2) is 30.3 Å². The lowest BCUT2D eigenvalue weighted by atomic mass is 10.1. The van der Waals surface area contributed by atoms with Crippen LogP contribution in [0.2, 0.25) is 0 Å². The van der Waals surface area contributed by atoms with Crippen molar-refractivity contribution >= 4 is 17.8 Å². The van der Waals surface area contributed by atoms with Crippen LogP contribution in [-0.4, -0.2) is 48.0 Å². The summed E-state index contributed by atoms with van der Waals surface area (Å²) in [7, 11) is 0. The third kappa shape index (κ3) is 4.71. The number of imide groups is 1.